The third-order valence-corrected chi connectivity index (χ3v) is 12.2. The number of aliphatic hydroxyl groups is 1. The second-order valence-electron chi connectivity index (χ2n) is 18.3. The molecule has 0 aromatic heterocycles. The lowest BCUT2D eigenvalue weighted by atomic mass is 10.1. The highest BCUT2D eigenvalue weighted by Gasteiger charge is 2.28. The maximum absolute atomic E-state index is 12.9. The Hall–Kier alpha value is -4.64. The summed E-state index contributed by atoms with van der Waals surface area (Å²) < 4.78 is 39.4. The number of phosphoric acid groups is 1. The normalized spacial score (nSPS) is 14.4. The molecule has 2 N–H and O–H groups in total. The van der Waals surface area contributed by atoms with Crippen LogP contribution >= 0.6 is 7.82 Å². The smallest absolute Gasteiger partial charge is 0.462 e. The molecule has 0 aliphatic heterocycles. The van der Waals surface area contributed by atoms with E-state index in [1.54, 1.807) is 0 Å². The minimum Gasteiger partial charge on any atom is -0.462 e. The van der Waals surface area contributed by atoms with Crippen molar-refractivity contribution in [2.75, 3.05) is 26.4 Å². The summed E-state index contributed by atoms with van der Waals surface area (Å²) in [6.45, 7) is 4.17. The van der Waals surface area contributed by atoms with Crippen LogP contribution in [0, 0.1) is 0 Å². The van der Waals surface area contributed by atoms with Crippen molar-refractivity contribution < 1.29 is 52.2 Å². The molecule has 3 atom stereocenters. The van der Waals surface area contributed by atoms with Gasteiger partial charge in [-0.25, -0.2) is 4.57 Å². The highest BCUT2D eigenvalue weighted by molar-refractivity contribution is 7.47. The number of unbranched alkanes of at least 4 members (excludes halogenated alkanes) is 10. The molecule has 0 bridgehead atoms. The second kappa shape index (κ2) is 56.6. The predicted octanol–water partition coefficient (Wildman–Crippen LogP) is 17.1. The van der Waals surface area contributed by atoms with Gasteiger partial charge in [-0.15, -0.1) is 0 Å². The molecule has 0 spiro atoms. The van der Waals surface area contributed by atoms with Crippen molar-refractivity contribution in [1.29, 1.82) is 0 Å². The molecule has 0 heterocycles. The lowest BCUT2D eigenvalue weighted by Gasteiger charge is -2.21. The van der Waals surface area contributed by atoms with Gasteiger partial charge < -0.3 is 24.2 Å². The van der Waals surface area contributed by atoms with Gasteiger partial charge in [-0.2, -0.15) is 0 Å². The number of aliphatic hydroxyl groups excluding tert-OH is 1. The largest absolute Gasteiger partial charge is 0.472 e. The van der Waals surface area contributed by atoms with Crippen LogP contribution in [0.15, 0.2) is 146 Å². The van der Waals surface area contributed by atoms with Crippen molar-refractivity contribution in [3.63, 3.8) is 0 Å². The number of ether oxygens (including phenoxy) is 3. The molecule has 0 rings (SSSR count). The highest BCUT2D eigenvalue weighted by atomic mass is 31.2. The first-order valence-electron chi connectivity index (χ1n) is 28.7. The zero-order chi connectivity index (χ0) is 55.5. The lowest BCUT2D eigenvalue weighted by Crippen LogP contribution is -2.30. The third kappa shape index (κ3) is 54.2. The summed E-state index contributed by atoms with van der Waals surface area (Å²) in [5, 5.41) is 9.82. The molecule has 0 aliphatic carbocycles. The zero-order valence-electron chi connectivity index (χ0n) is 47.2. The van der Waals surface area contributed by atoms with Crippen LogP contribution in [-0.2, 0) is 42.2 Å². The van der Waals surface area contributed by atoms with Gasteiger partial charge in [0.25, 0.3) is 0 Å². The summed E-state index contributed by atoms with van der Waals surface area (Å²) in [7, 11) is -4.78. The van der Waals surface area contributed by atoms with Crippen molar-refractivity contribution in [2.45, 2.75) is 213 Å². The molecule has 0 aliphatic rings. The molecule has 12 heteroatoms. The number of carbonyl (C=O) groups is 3. The fourth-order valence-electron chi connectivity index (χ4n) is 6.97. The van der Waals surface area contributed by atoms with Gasteiger partial charge in [0.2, 0.25) is 0 Å². The lowest BCUT2D eigenvalue weighted by molar-refractivity contribution is -0.161. The molecule has 0 aromatic carbocycles. The zero-order valence-corrected chi connectivity index (χ0v) is 48.0. The third-order valence-electron chi connectivity index (χ3n) is 11.2. The van der Waals surface area contributed by atoms with Gasteiger partial charge in [0.05, 0.1) is 19.8 Å². The van der Waals surface area contributed by atoms with Gasteiger partial charge in [0.1, 0.15) is 12.7 Å². The Labute approximate surface area is 461 Å². The van der Waals surface area contributed by atoms with Crippen LogP contribution in [0.4, 0.5) is 0 Å². The SMILES string of the molecule is CC/C=C\C/C=C\C/C=C\C/C=C\CCCCCCC(=O)OC(CO)COP(=O)(O)OCC(COC(=O)CCCC/C=C\C/C=C\C/C=C\C/C=C\CC)OC(=O)CCCCCC/C=C\C/C=C\C/C=C\C/C=C\CC. The van der Waals surface area contributed by atoms with Crippen LogP contribution in [0.3, 0.4) is 0 Å². The van der Waals surface area contributed by atoms with Crippen LogP contribution < -0.4 is 0 Å². The summed E-state index contributed by atoms with van der Waals surface area (Å²) in [6.07, 6.45) is 72.3. The van der Waals surface area contributed by atoms with E-state index in [4.69, 9.17) is 23.3 Å². The van der Waals surface area contributed by atoms with Crippen LogP contribution in [0.2, 0.25) is 0 Å². The minimum atomic E-state index is -4.78. The monoisotopic (exact) mass is 1080 g/mol. The summed E-state index contributed by atoms with van der Waals surface area (Å²) in [6, 6.07) is 0. The quantitative estimate of drug-likeness (QED) is 0.0197. The molecule has 428 valence electrons. The van der Waals surface area contributed by atoms with Gasteiger partial charge in [-0.1, -0.05) is 192 Å². The summed E-state index contributed by atoms with van der Waals surface area (Å²) in [4.78, 5) is 48.6. The van der Waals surface area contributed by atoms with Crippen molar-refractivity contribution in [3.8, 4) is 0 Å². The van der Waals surface area contributed by atoms with E-state index in [1.807, 2.05) is 0 Å². The summed E-state index contributed by atoms with van der Waals surface area (Å²) in [5.74, 6) is -1.59. The standard InChI is InChI=1S/C64H101O11P/c1-4-7-10-13-16-19-22-25-28-30-33-36-39-42-45-48-51-54-63(67)74-60(56-65)58-72-76(69,70)73-59-61(57-71-62(66)53-50-47-44-41-38-35-32-27-24-21-18-15-12-9-6-3)75-64(68)55-52-49-46-43-40-37-34-31-29-26-23-20-17-14-11-8-5-2/h7-12,16-21,25-29,32-34,36-38,41,60-61,65H,4-6,13-15,22-24,30-31,35,39-40,42-59H2,1-3H3,(H,69,70)/b10-7-,11-8-,12-9-,19-16-,20-17-,21-18-,28-25-,29-26-,32-27-,36-33-,37-34-,41-38-. The maximum Gasteiger partial charge on any atom is 0.472 e. The first-order chi connectivity index (χ1) is 37.2. The maximum atomic E-state index is 12.9. The molecule has 0 radical (unpaired) electrons. The van der Waals surface area contributed by atoms with Gasteiger partial charge in [-0.3, -0.25) is 23.4 Å². The van der Waals surface area contributed by atoms with E-state index in [0.717, 1.165) is 141 Å². The van der Waals surface area contributed by atoms with Crippen molar-refractivity contribution in [3.05, 3.63) is 146 Å². The molecule has 0 fully saturated rings. The number of hydrogen-bond acceptors (Lipinski definition) is 10. The predicted molar refractivity (Wildman–Crippen MR) is 316 cm³/mol. The Morgan fingerprint density at radius 3 is 1.00 bits per heavy atom. The first-order valence-corrected chi connectivity index (χ1v) is 30.2. The Morgan fingerprint density at radius 2 is 0.645 bits per heavy atom. The number of rotatable bonds is 51. The fraction of sp³-hybridized carbons (Fsp3) is 0.578. The van der Waals surface area contributed by atoms with Crippen LogP contribution in [0.5, 0.6) is 0 Å². The Balaban J connectivity index is 4.86. The highest BCUT2D eigenvalue weighted by Crippen LogP contribution is 2.43. The van der Waals surface area contributed by atoms with Gasteiger partial charge in [0, 0.05) is 19.3 Å². The molecule has 0 saturated heterocycles. The first kappa shape index (κ1) is 71.4. The number of hydrogen-bond donors (Lipinski definition) is 2. The molecular formula is C64H101O11P. The van der Waals surface area contributed by atoms with Crippen LogP contribution in [-0.4, -0.2) is 66.5 Å². The molecule has 11 nitrogen and oxygen atoms in total. The number of esters is 3. The summed E-state index contributed by atoms with van der Waals surface area (Å²) >= 11 is 0. The van der Waals surface area contributed by atoms with Crippen molar-refractivity contribution in [2.24, 2.45) is 0 Å². The van der Waals surface area contributed by atoms with E-state index in [-0.39, 0.29) is 25.9 Å². The number of allylic oxidation sites excluding steroid dienone is 24. The van der Waals surface area contributed by atoms with Crippen LogP contribution in [0.1, 0.15) is 201 Å². The van der Waals surface area contributed by atoms with E-state index in [2.05, 4.69) is 167 Å². The van der Waals surface area contributed by atoms with E-state index in [0.29, 0.717) is 19.3 Å². The topological polar surface area (TPSA) is 155 Å². The molecular weight excluding hydrogens is 976 g/mol. The van der Waals surface area contributed by atoms with Crippen LogP contribution in [0.25, 0.3) is 0 Å². The van der Waals surface area contributed by atoms with Crippen molar-refractivity contribution >= 4 is 25.7 Å². The minimum absolute atomic E-state index is 0.120. The Morgan fingerprint density at radius 1 is 0.368 bits per heavy atom. The van der Waals surface area contributed by atoms with E-state index < -0.39 is 57.8 Å². The Bertz CT molecular complexity index is 1830. The molecule has 0 amide bonds. The second-order valence-corrected chi connectivity index (χ2v) is 19.8. The average Bonchev–Trinajstić information content (AvgIpc) is 3.41. The fourth-order valence-corrected chi connectivity index (χ4v) is 7.76. The van der Waals surface area contributed by atoms with Crippen molar-refractivity contribution in [1.82, 2.24) is 0 Å². The summed E-state index contributed by atoms with van der Waals surface area (Å²) in [5.41, 5.74) is 0. The number of carbonyl (C=O) groups excluding carboxylic acids is 3. The van der Waals surface area contributed by atoms with Gasteiger partial charge in [0.15, 0.2) is 6.10 Å². The molecule has 3 unspecified atom stereocenters. The number of phosphoric ester groups is 1. The van der Waals surface area contributed by atoms with Gasteiger partial charge in [-0.05, 0) is 135 Å². The van der Waals surface area contributed by atoms with E-state index in [1.165, 1.54) is 0 Å². The molecule has 76 heavy (non-hydrogen) atoms. The van der Waals surface area contributed by atoms with E-state index >= 15 is 0 Å². The molecule has 0 aromatic rings. The molecule has 0 saturated carbocycles. The Kier molecular flexibility index (Phi) is 53.1. The van der Waals surface area contributed by atoms with Gasteiger partial charge >= 0.3 is 25.7 Å². The average molecular weight is 1080 g/mol. The van der Waals surface area contributed by atoms with E-state index in [9.17, 15) is 28.9 Å².